The van der Waals surface area contributed by atoms with Crippen molar-refractivity contribution in [2.75, 3.05) is 6.61 Å². The van der Waals surface area contributed by atoms with Crippen molar-refractivity contribution in [3.05, 3.63) is 115 Å². The molecule has 0 N–H and O–H groups in total. The highest BCUT2D eigenvalue weighted by molar-refractivity contribution is 7.92. The molecule has 0 aliphatic carbocycles. The van der Waals surface area contributed by atoms with E-state index in [1.54, 1.807) is 18.2 Å². The fourth-order valence-corrected chi connectivity index (χ4v) is 11.0. The van der Waals surface area contributed by atoms with E-state index in [0.29, 0.717) is 6.61 Å². The molecule has 0 radical (unpaired) electrons. The predicted octanol–water partition coefficient (Wildman–Crippen LogP) is 6.60. The Balaban J connectivity index is 1.63. The SMILES string of the molecule is CC(=CC=CCCCO[Si](c1ccccc1)(c1ccccc1)C(C)(C)C)CC(C#N)S(=O)(=O)c1ccccc1. The number of hydrogen-bond donors (Lipinski definition) is 0. The average Bonchev–Trinajstić information content (AvgIpc) is 2.94. The zero-order valence-corrected chi connectivity index (χ0v) is 25.2. The first-order chi connectivity index (χ1) is 18.6. The molecule has 0 amide bonds. The number of allylic oxidation sites excluding steroid dienone is 4. The molecule has 204 valence electrons. The van der Waals surface area contributed by atoms with Gasteiger partial charge < -0.3 is 4.43 Å². The van der Waals surface area contributed by atoms with Crippen molar-refractivity contribution < 1.29 is 12.8 Å². The van der Waals surface area contributed by atoms with Gasteiger partial charge in [-0.05, 0) is 53.7 Å². The molecule has 1 atom stereocenters. The van der Waals surface area contributed by atoms with Crippen LogP contribution < -0.4 is 10.4 Å². The Kier molecular flexibility index (Phi) is 10.6. The molecule has 3 aromatic rings. The maximum atomic E-state index is 12.8. The molecule has 0 spiro atoms. The Hall–Kier alpha value is -3.24. The summed E-state index contributed by atoms with van der Waals surface area (Å²) in [6.45, 7) is 9.34. The number of nitrogens with zero attached hydrogens (tertiary/aromatic N) is 1. The summed E-state index contributed by atoms with van der Waals surface area (Å²) in [7, 11) is -6.23. The highest BCUT2D eigenvalue weighted by atomic mass is 32.2. The van der Waals surface area contributed by atoms with Gasteiger partial charge in [0.05, 0.1) is 11.0 Å². The van der Waals surface area contributed by atoms with Gasteiger partial charge in [0.15, 0.2) is 15.1 Å². The van der Waals surface area contributed by atoms with Gasteiger partial charge in [-0.25, -0.2) is 8.42 Å². The zero-order valence-electron chi connectivity index (χ0n) is 23.4. The van der Waals surface area contributed by atoms with E-state index < -0.39 is 23.4 Å². The van der Waals surface area contributed by atoms with Gasteiger partial charge in [0.2, 0.25) is 0 Å². The summed E-state index contributed by atoms with van der Waals surface area (Å²) in [6.07, 6.45) is 7.80. The van der Waals surface area contributed by atoms with E-state index in [-0.39, 0.29) is 16.4 Å². The first-order valence-corrected chi connectivity index (χ1v) is 16.8. The lowest BCUT2D eigenvalue weighted by molar-refractivity contribution is 0.293. The van der Waals surface area contributed by atoms with Crippen LogP contribution in [-0.4, -0.2) is 28.6 Å². The third kappa shape index (κ3) is 7.45. The van der Waals surface area contributed by atoms with Gasteiger partial charge in [0.25, 0.3) is 8.32 Å². The second-order valence-corrected chi connectivity index (χ2v) is 17.2. The van der Waals surface area contributed by atoms with Crippen LogP contribution in [0.1, 0.15) is 47.0 Å². The molecule has 0 saturated carbocycles. The summed E-state index contributed by atoms with van der Waals surface area (Å²) in [5, 5.41) is 10.9. The molecule has 0 bridgehead atoms. The van der Waals surface area contributed by atoms with Gasteiger partial charge in [-0.1, -0.05) is 123 Å². The van der Waals surface area contributed by atoms with Crippen molar-refractivity contribution in [2.24, 2.45) is 0 Å². The van der Waals surface area contributed by atoms with E-state index in [0.717, 1.165) is 18.4 Å². The number of nitriles is 1. The summed E-state index contributed by atoms with van der Waals surface area (Å²) >= 11 is 0. The minimum atomic E-state index is -3.70. The summed E-state index contributed by atoms with van der Waals surface area (Å²) in [5.41, 5.74) is 0.848. The Morgan fingerprint density at radius 1 is 0.923 bits per heavy atom. The molecule has 0 fully saturated rings. The van der Waals surface area contributed by atoms with Gasteiger partial charge in [0, 0.05) is 6.61 Å². The molecule has 0 heterocycles. The molecule has 4 nitrogen and oxygen atoms in total. The van der Waals surface area contributed by atoms with E-state index in [1.165, 1.54) is 22.5 Å². The number of benzene rings is 3. The summed E-state index contributed by atoms with van der Waals surface area (Å²) < 4.78 is 32.6. The van der Waals surface area contributed by atoms with Crippen molar-refractivity contribution in [3.8, 4) is 6.07 Å². The predicted molar refractivity (Wildman–Crippen MR) is 163 cm³/mol. The van der Waals surface area contributed by atoms with Crippen LogP contribution in [0, 0.1) is 11.3 Å². The maximum Gasteiger partial charge on any atom is 0.261 e. The fraction of sp³-hybridized carbons (Fsp3) is 0.303. The zero-order chi connectivity index (χ0) is 28.4. The Morgan fingerprint density at radius 3 is 1.92 bits per heavy atom. The van der Waals surface area contributed by atoms with Crippen molar-refractivity contribution in [3.63, 3.8) is 0 Å². The molecule has 6 heteroatoms. The van der Waals surface area contributed by atoms with Crippen LogP contribution in [0.15, 0.2) is 120 Å². The second kappa shape index (κ2) is 13.7. The normalized spacial score (nSPS) is 13.8. The van der Waals surface area contributed by atoms with Crippen LogP contribution in [-0.2, 0) is 14.3 Å². The molecule has 0 aromatic heterocycles. The molecule has 3 rings (SSSR count). The van der Waals surface area contributed by atoms with Crippen molar-refractivity contribution >= 4 is 28.5 Å². The summed E-state index contributed by atoms with van der Waals surface area (Å²) in [4.78, 5) is 0.181. The van der Waals surface area contributed by atoms with E-state index in [2.05, 4.69) is 75.4 Å². The van der Waals surface area contributed by atoms with Crippen LogP contribution >= 0.6 is 0 Å². The Morgan fingerprint density at radius 2 is 1.44 bits per heavy atom. The van der Waals surface area contributed by atoms with Crippen molar-refractivity contribution in [1.29, 1.82) is 5.26 Å². The van der Waals surface area contributed by atoms with E-state index in [4.69, 9.17) is 4.43 Å². The molecule has 0 aliphatic rings. The topological polar surface area (TPSA) is 67.2 Å². The van der Waals surface area contributed by atoms with E-state index >= 15 is 0 Å². The Labute approximate surface area is 235 Å². The fourth-order valence-electron chi connectivity index (χ4n) is 4.88. The monoisotopic (exact) mass is 557 g/mol. The lowest BCUT2D eigenvalue weighted by Crippen LogP contribution is -2.66. The Bertz CT molecular complexity index is 1350. The number of unbranched alkanes of at least 4 members (excludes halogenated alkanes) is 1. The molecule has 0 saturated heterocycles. The molecular weight excluding hydrogens is 519 g/mol. The molecular formula is C33H39NO3SSi. The van der Waals surface area contributed by atoms with Crippen LogP contribution in [0.2, 0.25) is 5.04 Å². The molecule has 1 unspecified atom stereocenters. The molecule has 3 aromatic carbocycles. The quantitative estimate of drug-likeness (QED) is 0.143. The number of rotatable bonds is 12. The van der Waals surface area contributed by atoms with Gasteiger partial charge in [0.1, 0.15) is 0 Å². The smallest absolute Gasteiger partial charge is 0.261 e. The summed E-state index contributed by atoms with van der Waals surface area (Å²) in [5.74, 6) is 0. The average molecular weight is 558 g/mol. The highest BCUT2D eigenvalue weighted by Crippen LogP contribution is 2.36. The van der Waals surface area contributed by atoms with Crippen LogP contribution in [0.5, 0.6) is 0 Å². The van der Waals surface area contributed by atoms with Crippen LogP contribution in [0.3, 0.4) is 0 Å². The second-order valence-electron chi connectivity index (χ2n) is 10.8. The molecule has 0 aliphatic heterocycles. The van der Waals surface area contributed by atoms with Gasteiger partial charge >= 0.3 is 0 Å². The van der Waals surface area contributed by atoms with Gasteiger partial charge in [-0.2, -0.15) is 5.26 Å². The van der Waals surface area contributed by atoms with Gasteiger partial charge in [-0.15, -0.1) is 0 Å². The van der Waals surface area contributed by atoms with Crippen LogP contribution in [0.4, 0.5) is 0 Å². The van der Waals surface area contributed by atoms with Crippen molar-refractivity contribution in [2.45, 2.75) is 62.1 Å². The van der Waals surface area contributed by atoms with Gasteiger partial charge in [-0.3, -0.25) is 0 Å². The number of sulfone groups is 1. The lowest BCUT2D eigenvalue weighted by atomic mass is 10.1. The lowest BCUT2D eigenvalue weighted by Gasteiger charge is -2.43. The van der Waals surface area contributed by atoms with E-state index in [1.807, 2.05) is 37.3 Å². The molecule has 39 heavy (non-hydrogen) atoms. The number of hydrogen-bond acceptors (Lipinski definition) is 4. The first kappa shape index (κ1) is 30.3. The summed E-state index contributed by atoms with van der Waals surface area (Å²) in [6, 6.07) is 31.4. The van der Waals surface area contributed by atoms with E-state index in [9.17, 15) is 13.7 Å². The standard InChI is InChI=1S/C33H39NO3SSi/c1-28(26-30(27-34)38(35,36)29-19-11-7-12-20-29)18-10-5-6-17-25-37-39(33(2,3)4,31-21-13-8-14-22-31)32-23-15-9-16-24-32/h5,7-16,18-24,30H,6,17,25-26H2,1-4H3. The maximum absolute atomic E-state index is 12.8. The van der Waals surface area contributed by atoms with Crippen molar-refractivity contribution in [1.82, 2.24) is 0 Å². The van der Waals surface area contributed by atoms with Crippen LogP contribution in [0.25, 0.3) is 0 Å². The minimum absolute atomic E-state index is 0.0528. The highest BCUT2D eigenvalue weighted by Gasteiger charge is 2.49. The minimum Gasteiger partial charge on any atom is -0.407 e. The third-order valence-corrected chi connectivity index (χ3v) is 13.9. The third-order valence-electron chi connectivity index (χ3n) is 6.87. The largest absolute Gasteiger partial charge is 0.407 e. The first-order valence-electron chi connectivity index (χ1n) is 13.4.